The second kappa shape index (κ2) is 4.42. The number of aliphatic hydroxyl groups is 2. The minimum atomic E-state index is -0.124. The van der Waals surface area contributed by atoms with Crippen LogP contribution in [0.4, 0.5) is 0 Å². The van der Waals surface area contributed by atoms with E-state index in [0.717, 1.165) is 5.56 Å². The largest absolute Gasteiger partial charge is 0.392 e. The van der Waals surface area contributed by atoms with Gasteiger partial charge in [0.25, 0.3) is 0 Å². The molecule has 0 fully saturated rings. The Morgan fingerprint density at radius 3 is 2.50 bits per heavy atom. The molecule has 5 nitrogen and oxygen atoms in total. The van der Waals surface area contributed by atoms with Crippen molar-refractivity contribution < 1.29 is 14.7 Å². The zero-order valence-corrected chi connectivity index (χ0v) is 8.84. The molecule has 2 rings (SSSR count). The van der Waals surface area contributed by atoms with Crippen LogP contribution in [0.5, 0.6) is 0 Å². The van der Waals surface area contributed by atoms with Gasteiger partial charge in [-0.05, 0) is 17.2 Å². The van der Waals surface area contributed by atoms with Gasteiger partial charge >= 0.3 is 0 Å². The zero-order valence-electron chi connectivity index (χ0n) is 8.84. The molecule has 84 valence electrons. The molecule has 0 radical (unpaired) electrons. The first-order valence-corrected chi connectivity index (χ1v) is 4.89. The van der Waals surface area contributed by atoms with Gasteiger partial charge in [-0.25, -0.2) is 0 Å². The number of nitrogens with zero attached hydrogens (tertiary/aromatic N) is 2. The van der Waals surface area contributed by atoms with Crippen molar-refractivity contribution in [3.63, 3.8) is 0 Å². The van der Waals surface area contributed by atoms with Crippen molar-refractivity contribution in [3.05, 3.63) is 35.2 Å². The summed E-state index contributed by atoms with van der Waals surface area (Å²) in [4.78, 5) is 4.09. The average molecular weight is 220 g/mol. The Morgan fingerprint density at radius 2 is 1.94 bits per heavy atom. The fraction of sp³-hybridized carbons (Fsp3) is 0.273. The van der Waals surface area contributed by atoms with Gasteiger partial charge in [-0.1, -0.05) is 17.3 Å². The summed E-state index contributed by atoms with van der Waals surface area (Å²) in [6, 6.07) is 5.28. The lowest BCUT2D eigenvalue weighted by molar-refractivity contribution is 0.260. The first-order chi connectivity index (χ1) is 7.74. The van der Waals surface area contributed by atoms with E-state index in [1.807, 2.05) is 0 Å². The van der Waals surface area contributed by atoms with Crippen molar-refractivity contribution in [1.29, 1.82) is 0 Å². The van der Waals surface area contributed by atoms with E-state index in [1.165, 1.54) is 0 Å². The number of aliphatic hydroxyl groups excluding tert-OH is 2. The lowest BCUT2D eigenvalue weighted by Crippen LogP contribution is -1.95. The number of benzene rings is 1. The molecule has 0 aliphatic carbocycles. The number of hydrogen-bond donors (Lipinski definition) is 2. The van der Waals surface area contributed by atoms with E-state index in [2.05, 4.69) is 10.1 Å². The fourth-order valence-corrected chi connectivity index (χ4v) is 1.48. The monoisotopic (exact) mass is 220 g/mol. The van der Waals surface area contributed by atoms with Gasteiger partial charge in [-0.2, -0.15) is 4.98 Å². The topological polar surface area (TPSA) is 79.4 Å². The maximum Gasteiger partial charge on any atom is 0.223 e. The Morgan fingerprint density at radius 1 is 1.19 bits per heavy atom. The van der Waals surface area contributed by atoms with Crippen molar-refractivity contribution in [2.75, 3.05) is 0 Å². The quantitative estimate of drug-likeness (QED) is 0.807. The van der Waals surface area contributed by atoms with E-state index in [-0.39, 0.29) is 13.2 Å². The van der Waals surface area contributed by atoms with E-state index in [1.54, 1.807) is 25.1 Å². The van der Waals surface area contributed by atoms with Crippen LogP contribution >= 0.6 is 0 Å². The molecule has 2 N–H and O–H groups in total. The van der Waals surface area contributed by atoms with E-state index < -0.39 is 0 Å². The minimum absolute atomic E-state index is 0.0958. The highest BCUT2D eigenvalue weighted by molar-refractivity contribution is 5.56. The molecule has 5 heteroatoms. The highest BCUT2D eigenvalue weighted by Gasteiger charge is 2.08. The van der Waals surface area contributed by atoms with Crippen LogP contribution < -0.4 is 0 Å². The fourth-order valence-electron chi connectivity index (χ4n) is 1.48. The Bertz CT molecular complexity index is 494. The van der Waals surface area contributed by atoms with Gasteiger partial charge in [-0.3, -0.25) is 0 Å². The van der Waals surface area contributed by atoms with E-state index in [4.69, 9.17) is 14.7 Å². The molecule has 0 atom stereocenters. The van der Waals surface area contributed by atoms with Crippen molar-refractivity contribution in [3.8, 4) is 11.4 Å². The Hall–Kier alpha value is -1.72. The molecule has 0 bridgehead atoms. The van der Waals surface area contributed by atoms with Gasteiger partial charge in [-0.15, -0.1) is 0 Å². The normalized spacial score (nSPS) is 10.7. The number of aryl methyl sites for hydroxylation is 1. The Balaban J connectivity index is 2.43. The molecule has 2 aromatic rings. The number of rotatable bonds is 3. The summed E-state index contributed by atoms with van der Waals surface area (Å²) < 4.78 is 4.88. The van der Waals surface area contributed by atoms with Gasteiger partial charge in [0.2, 0.25) is 11.7 Å². The summed E-state index contributed by atoms with van der Waals surface area (Å²) in [5.74, 6) is 0.975. The van der Waals surface area contributed by atoms with E-state index in [9.17, 15) is 0 Å². The first kappa shape index (κ1) is 10.8. The predicted octanol–water partition coefficient (Wildman–Crippen LogP) is 1.03. The van der Waals surface area contributed by atoms with Crippen LogP contribution in [0.2, 0.25) is 0 Å². The summed E-state index contributed by atoms with van der Waals surface area (Å²) in [6.07, 6.45) is 0. The molecule has 0 aliphatic rings. The van der Waals surface area contributed by atoms with Crippen molar-refractivity contribution in [1.82, 2.24) is 10.1 Å². The molecule has 0 unspecified atom stereocenters. The lowest BCUT2D eigenvalue weighted by atomic mass is 10.0. The summed E-state index contributed by atoms with van der Waals surface area (Å²) >= 11 is 0. The standard InChI is InChI=1S/C11H12N2O3/c1-7-12-11(13-16-7)8-2-3-9(5-14)10(4-8)6-15/h2-4,14-15H,5-6H2,1H3. The molecule has 16 heavy (non-hydrogen) atoms. The van der Waals surface area contributed by atoms with Crippen LogP contribution in [-0.2, 0) is 13.2 Å². The maximum atomic E-state index is 9.15. The SMILES string of the molecule is Cc1nc(-c2ccc(CO)c(CO)c2)no1. The molecule has 0 saturated carbocycles. The molecular weight excluding hydrogens is 208 g/mol. The molecule has 1 aromatic heterocycles. The molecule has 0 amide bonds. The van der Waals surface area contributed by atoms with Gasteiger partial charge in [0.15, 0.2) is 0 Å². The van der Waals surface area contributed by atoms with Crippen LogP contribution in [0.25, 0.3) is 11.4 Å². The number of aromatic nitrogens is 2. The summed E-state index contributed by atoms with van der Waals surface area (Å²) in [5, 5.41) is 22.0. The van der Waals surface area contributed by atoms with Crippen LogP contribution in [0.3, 0.4) is 0 Å². The van der Waals surface area contributed by atoms with Gasteiger partial charge in [0, 0.05) is 12.5 Å². The van der Waals surface area contributed by atoms with Gasteiger partial charge in [0.1, 0.15) is 0 Å². The second-order valence-electron chi connectivity index (χ2n) is 3.44. The molecule has 0 spiro atoms. The van der Waals surface area contributed by atoms with Crippen molar-refractivity contribution >= 4 is 0 Å². The Labute approximate surface area is 92.4 Å². The molecule has 0 aliphatic heterocycles. The summed E-state index contributed by atoms with van der Waals surface area (Å²) in [7, 11) is 0. The summed E-state index contributed by atoms with van der Waals surface area (Å²) in [5.41, 5.74) is 2.13. The van der Waals surface area contributed by atoms with Crippen LogP contribution in [-0.4, -0.2) is 20.4 Å². The highest BCUT2D eigenvalue weighted by Crippen LogP contribution is 2.20. The zero-order chi connectivity index (χ0) is 11.5. The van der Waals surface area contributed by atoms with Crippen molar-refractivity contribution in [2.45, 2.75) is 20.1 Å². The third kappa shape index (κ3) is 1.95. The van der Waals surface area contributed by atoms with Crippen LogP contribution in [0.1, 0.15) is 17.0 Å². The molecule has 0 saturated heterocycles. The maximum absolute atomic E-state index is 9.15. The first-order valence-electron chi connectivity index (χ1n) is 4.89. The third-order valence-electron chi connectivity index (χ3n) is 2.33. The van der Waals surface area contributed by atoms with E-state index in [0.29, 0.717) is 22.8 Å². The predicted molar refractivity (Wildman–Crippen MR) is 56.3 cm³/mol. The molecular formula is C11H12N2O3. The molecule has 1 aromatic carbocycles. The van der Waals surface area contributed by atoms with E-state index >= 15 is 0 Å². The minimum Gasteiger partial charge on any atom is -0.392 e. The summed E-state index contributed by atoms with van der Waals surface area (Å²) in [6.45, 7) is 1.49. The third-order valence-corrected chi connectivity index (χ3v) is 2.33. The second-order valence-corrected chi connectivity index (χ2v) is 3.44. The Kier molecular flexibility index (Phi) is 2.98. The van der Waals surface area contributed by atoms with Crippen molar-refractivity contribution in [2.24, 2.45) is 0 Å². The number of hydrogen-bond acceptors (Lipinski definition) is 5. The smallest absolute Gasteiger partial charge is 0.223 e. The van der Waals surface area contributed by atoms with Gasteiger partial charge < -0.3 is 14.7 Å². The van der Waals surface area contributed by atoms with Gasteiger partial charge in [0.05, 0.1) is 13.2 Å². The average Bonchev–Trinajstić information content (AvgIpc) is 2.75. The van der Waals surface area contributed by atoms with Crippen LogP contribution in [0.15, 0.2) is 22.7 Å². The van der Waals surface area contributed by atoms with Crippen LogP contribution in [0, 0.1) is 6.92 Å². The lowest BCUT2D eigenvalue weighted by Gasteiger charge is -2.05. The molecule has 1 heterocycles. The highest BCUT2D eigenvalue weighted by atomic mass is 16.5.